The van der Waals surface area contributed by atoms with Crippen LogP contribution in [0, 0.1) is 0 Å². The van der Waals surface area contributed by atoms with Crippen LogP contribution in [-0.2, 0) is 4.74 Å². The zero-order valence-corrected chi connectivity index (χ0v) is 20.8. The Morgan fingerprint density at radius 2 is 1.78 bits per heavy atom. The van der Waals surface area contributed by atoms with Crippen LogP contribution in [0.4, 0.5) is 0 Å². The molecule has 1 aliphatic heterocycles. The molecular weight excluding hydrogens is 453 g/mol. The van der Waals surface area contributed by atoms with Crippen molar-refractivity contribution < 1.29 is 4.74 Å². The van der Waals surface area contributed by atoms with E-state index in [9.17, 15) is 0 Å². The summed E-state index contributed by atoms with van der Waals surface area (Å²) in [7, 11) is 4.33. The predicted octanol–water partition coefficient (Wildman–Crippen LogP) is 2.78. The molecule has 1 saturated heterocycles. The molecule has 27 heavy (non-hydrogen) atoms. The Balaban J connectivity index is 0.00000676. The van der Waals surface area contributed by atoms with Gasteiger partial charge in [0.15, 0.2) is 5.96 Å². The highest BCUT2D eigenvalue weighted by Gasteiger charge is 2.34. The molecule has 0 aromatic heterocycles. The van der Waals surface area contributed by atoms with E-state index in [1.54, 1.807) is 0 Å². The summed E-state index contributed by atoms with van der Waals surface area (Å²) >= 11 is 0. The minimum Gasteiger partial charge on any atom is -0.381 e. The van der Waals surface area contributed by atoms with E-state index < -0.39 is 0 Å². The van der Waals surface area contributed by atoms with Crippen LogP contribution >= 0.6 is 24.0 Å². The maximum atomic E-state index is 5.57. The number of hydrogen-bond acceptors (Lipinski definition) is 4. The van der Waals surface area contributed by atoms with Crippen molar-refractivity contribution in [2.24, 2.45) is 4.99 Å². The van der Waals surface area contributed by atoms with E-state index in [4.69, 9.17) is 9.73 Å². The lowest BCUT2D eigenvalue weighted by atomic mass is 9.89. The van der Waals surface area contributed by atoms with Crippen molar-refractivity contribution in [2.75, 3.05) is 60.0 Å². The molecule has 1 atom stereocenters. The molecule has 0 radical (unpaired) electrons. The van der Waals surface area contributed by atoms with Crippen molar-refractivity contribution in [2.45, 2.75) is 65.0 Å². The highest BCUT2D eigenvalue weighted by molar-refractivity contribution is 14.0. The SMILES string of the molecule is CCNC(=NCC1(N(C)C)CCOCC1)NC(C)CCCN(CC)CC.I. The fourth-order valence-corrected chi connectivity index (χ4v) is 3.51. The van der Waals surface area contributed by atoms with Crippen molar-refractivity contribution in [3.05, 3.63) is 0 Å². The number of rotatable bonds is 11. The van der Waals surface area contributed by atoms with Crippen molar-refractivity contribution in [3.63, 3.8) is 0 Å². The molecule has 0 saturated carbocycles. The lowest BCUT2D eigenvalue weighted by Crippen LogP contribution is -2.52. The average Bonchev–Trinajstić information content (AvgIpc) is 2.64. The second-order valence-corrected chi connectivity index (χ2v) is 7.64. The Labute approximate surface area is 184 Å². The highest BCUT2D eigenvalue weighted by atomic mass is 127. The number of nitrogens with one attached hydrogen (secondary N) is 2. The van der Waals surface area contributed by atoms with Crippen molar-refractivity contribution >= 4 is 29.9 Å². The normalized spacial score (nSPS) is 18.3. The molecule has 1 fully saturated rings. The van der Waals surface area contributed by atoms with E-state index in [1.807, 2.05) is 0 Å². The third kappa shape index (κ3) is 9.76. The van der Waals surface area contributed by atoms with Gasteiger partial charge in [0, 0.05) is 31.3 Å². The fourth-order valence-electron chi connectivity index (χ4n) is 3.51. The van der Waals surface area contributed by atoms with Gasteiger partial charge in [0.1, 0.15) is 0 Å². The summed E-state index contributed by atoms with van der Waals surface area (Å²) in [4.78, 5) is 9.75. The monoisotopic (exact) mass is 497 g/mol. The second kappa shape index (κ2) is 14.8. The Bertz CT molecular complexity index is 396. The summed E-state index contributed by atoms with van der Waals surface area (Å²) in [5.74, 6) is 0.940. The van der Waals surface area contributed by atoms with Gasteiger partial charge in [0.25, 0.3) is 0 Å². The van der Waals surface area contributed by atoms with Crippen molar-refractivity contribution in [3.8, 4) is 0 Å². The maximum Gasteiger partial charge on any atom is 0.191 e. The summed E-state index contributed by atoms with van der Waals surface area (Å²) in [6, 6.07) is 0.424. The smallest absolute Gasteiger partial charge is 0.191 e. The van der Waals surface area contributed by atoms with Crippen molar-refractivity contribution in [1.29, 1.82) is 0 Å². The third-order valence-electron chi connectivity index (χ3n) is 5.64. The molecule has 0 aromatic rings. The molecular formula is C20H44IN5O. The first-order chi connectivity index (χ1) is 12.5. The van der Waals surface area contributed by atoms with E-state index in [1.165, 1.54) is 13.0 Å². The first-order valence-corrected chi connectivity index (χ1v) is 10.5. The third-order valence-corrected chi connectivity index (χ3v) is 5.64. The van der Waals surface area contributed by atoms with Crippen LogP contribution in [0.1, 0.15) is 53.4 Å². The lowest BCUT2D eigenvalue weighted by Gasteiger charge is -2.41. The van der Waals surface area contributed by atoms with Gasteiger partial charge in [0.2, 0.25) is 0 Å². The number of nitrogens with zero attached hydrogens (tertiary/aromatic N) is 3. The van der Waals surface area contributed by atoms with Gasteiger partial charge in [-0.1, -0.05) is 13.8 Å². The number of guanidine groups is 1. The van der Waals surface area contributed by atoms with Gasteiger partial charge in [-0.3, -0.25) is 4.99 Å². The first kappa shape index (κ1) is 26.9. The Kier molecular flexibility index (Phi) is 14.8. The molecule has 1 aliphatic rings. The zero-order chi connectivity index (χ0) is 19.4. The minimum absolute atomic E-state index is 0. The molecule has 1 unspecified atom stereocenters. The highest BCUT2D eigenvalue weighted by Crippen LogP contribution is 2.26. The van der Waals surface area contributed by atoms with Crippen LogP contribution < -0.4 is 10.6 Å². The molecule has 0 spiro atoms. The number of ether oxygens (including phenoxy) is 1. The van der Waals surface area contributed by atoms with E-state index in [-0.39, 0.29) is 29.5 Å². The van der Waals surface area contributed by atoms with E-state index >= 15 is 0 Å². The first-order valence-electron chi connectivity index (χ1n) is 10.5. The van der Waals surface area contributed by atoms with Crippen LogP contribution in [0.2, 0.25) is 0 Å². The van der Waals surface area contributed by atoms with Gasteiger partial charge < -0.3 is 25.2 Å². The molecule has 0 aliphatic carbocycles. The Morgan fingerprint density at radius 1 is 1.15 bits per heavy atom. The number of likely N-dealkylation sites (N-methyl/N-ethyl adjacent to an activating group) is 1. The van der Waals surface area contributed by atoms with Gasteiger partial charge in [-0.25, -0.2) is 0 Å². The zero-order valence-electron chi connectivity index (χ0n) is 18.5. The number of aliphatic imine (C=N–C) groups is 1. The maximum absolute atomic E-state index is 5.57. The van der Waals surface area contributed by atoms with Gasteiger partial charge in [-0.2, -0.15) is 0 Å². The molecule has 2 N–H and O–H groups in total. The van der Waals surface area contributed by atoms with Crippen LogP contribution in [0.15, 0.2) is 4.99 Å². The summed E-state index contributed by atoms with van der Waals surface area (Å²) in [5.41, 5.74) is 0.118. The van der Waals surface area contributed by atoms with E-state index in [0.29, 0.717) is 6.04 Å². The summed E-state index contributed by atoms with van der Waals surface area (Å²) in [5, 5.41) is 7.00. The summed E-state index contributed by atoms with van der Waals surface area (Å²) in [6.07, 6.45) is 4.46. The Hall–Kier alpha value is -0.120. The number of hydrogen-bond donors (Lipinski definition) is 2. The quantitative estimate of drug-likeness (QED) is 0.261. The summed E-state index contributed by atoms with van der Waals surface area (Å²) < 4.78 is 5.57. The van der Waals surface area contributed by atoms with Crippen LogP contribution in [0.25, 0.3) is 0 Å². The fraction of sp³-hybridized carbons (Fsp3) is 0.950. The molecule has 0 aromatic carbocycles. The van der Waals surface area contributed by atoms with Gasteiger partial charge >= 0.3 is 0 Å². The molecule has 1 heterocycles. The molecule has 6 nitrogen and oxygen atoms in total. The van der Waals surface area contributed by atoms with Crippen LogP contribution in [-0.4, -0.2) is 87.4 Å². The largest absolute Gasteiger partial charge is 0.381 e. The topological polar surface area (TPSA) is 52.1 Å². The van der Waals surface area contributed by atoms with Gasteiger partial charge in [0.05, 0.1) is 6.54 Å². The average molecular weight is 498 g/mol. The van der Waals surface area contributed by atoms with Crippen LogP contribution in [0.3, 0.4) is 0 Å². The van der Waals surface area contributed by atoms with Gasteiger partial charge in [-0.15, -0.1) is 24.0 Å². The van der Waals surface area contributed by atoms with Gasteiger partial charge in [-0.05, 0) is 73.3 Å². The van der Waals surface area contributed by atoms with E-state index in [2.05, 4.69) is 62.2 Å². The molecule has 1 rings (SSSR count). The molecule has 7 heteroatoms. The second-order valence-electron chi connectivity index (χ2n) is 7.64. The van der Waals surface area contributed by atoms with Crippen molar-refractivity contribution in [1.82, 2.24) is 20.4 Å². The summed E-state index contributed by atoms with van der Waals surface area (Å²) in [6.45, 7) is 15.7. The molecule has 162 valence electrons. The lowest BCUT2D eigenvalue weighted by molar-refractivity contribution is -0.00255. The number of halogens is 1. The standard InChI is InChI=1S/C20H43N5O.HI/c1-7-21-19(23-18(4)11-10-14-25(8-2)9-3)22-17-20(24(5)6)12-15-26-16-13-20;/h18H,7-17H2,1-6H3,(H2,21,22,23);1H. The predicted molar refractivity (Wildman–Crippen MR) is 127 cm³/mol. The Morgan fingerprint density at radius 3 is 2.30 bits per heavy atom. The van der Waals surface area contributed by atoms with Crippen LogP contribution in [0.5, 0.6) is 0 Å². The molecule has 0 amide bonds. The van der Waals surface area contributed by atoms with E-state index in [0.717, 1.165) is 64.6 Å². The molecule has 0 bridgehead atoms. The minimum atomic E-state index is 0.